The van der Waals surface area contributed by atoms with Crippen molar-refractivity contribution in [1.29, 1.82) is 0 Å². The lowest BCUT2D eigenvalue weighted by Crippen LogP contribution is -2.27. The molecule has 0 fully saturated rings. The lowest BCUT2D eigenvalue weighted by molar-refractivity contribution is 0.566. The average Bonchev–Trinajstić information content (AvgIpc) is 2.39. The van der Waals surface area contributed by atoms with Crippen molar-refractivity contribution in [3.63, 3.8) is 0 Å². The number of hydrogen-bond donors (Lipinski definition) is 1. The molecule has 100 valence electrons. The smallest absolute Gasteiger partial charge is 0.241 e. The Morgan fingerprint density at radius 3 is 2.63 bits per heavy atom. The molecule has 0 aliphatic rings. The van der Waals surface area contributed by atoms with Gasteiger partial charge in [0.2, 0.25) is 10.0 Å². The van der Waals surface area contributed by atoms with Gasteiger partial charge in [0.1, 0.15) is 0 Å². The predicted octanol–water partition coefficient (Wildman–Crippen LogP) is 2.43. The fourth-order valence-corrected chi connectivity index (χ4v) is 3.12. The van der Waals surface area contributed by atoms with Crippen LogP contribution in [0, 0.1) is 6.92 Å². The molecule has 0 saturated heterocycles. The van der Waals surface area contributed by atoms with E-state index in [0.29, 0.717) is 0 Å². The Kier molecular flexibility index (Phi) is 3.97. The number of benzene rings is 1. The maximum atomic E-state index is 12.2. The number of aromatic nitrogens is 1. The van der Waals surface area contributed by atoms with Gasteiger partial charge in [-0.25, -0.2) is 13.1 Å². The molecule has 0 saturated carbocycles. The summed E-state index contributed by atoms with van der Waals surface area (Å²) in [6, 6.07) is 10.1. The quantitative estimate of drug-likeness (QED) is 0.933. The highest BCUT2D eigenvalue weighted by atomic mass is 32.2. The van der Waals surface area contributed by atoms with Gasteiger partial charge in [-0.2, -0.15) is 0 Å². The van der Waals surface area contributed by atoms with Crippen molar-refractivity contribution < 1.29 is 8.42 Å². The molecule has 0 bridgehead atoms. The van der Waals surface area contributed by atoms with Crippen molar-refractivity contribution in [3.8, 4) is 0 Å². The largest absolute Gasteiger partial charge is 0.264 e. The van der Waals surface area contributed by atoms with E-state index < -0.39 is 10.0 Å². The number of pyridine rings is 1. The summed E-state index contributed by atoms with van der Waals surface area (Å²) in [5.74, 6) is 0. The van der Waals surface area contributed by atoms with Crippen LogP contribution < -0.4 is 4.72 Å². The summed E-state index contributed by atoms with van der Waals surface area (Å²) >= 11 is 0. The summed E-state index contributed by atoms with van der Waals surface area (Å²) in [6.07, 6.45) is 3.31. The highest BCUT2D eigenvalue weighted by Crippen LogP contribution is 2.16. The number of rotatable bonds is 4. The zero-order valence-electron chi connectivity index (χ0n) is 10.9. The van der Waals surface area contributed by atoms with Crippen LogP contribution >= 0.6 is 0 Å². The minimum atomic E-state index is -3.51. The van der Waals surface area contributed by atoms with Gasteiger partial charge >= 0.3 is 0 Å². The van der Waals surface area contributed by atoms with E-state index in [4.69, 9.17) is 0 Å². The average molecular weight is 276 g/mol. The van der Waals surface area contributed by atoms with Crippen LogP contribution in [0.3, 0.4) is 0 Å². The maximum Gasteiger partial charge on any atom is 0.241 e. The third kappa shape index (κ3) is 3.39. The molecule has 5 heteroatoms. The van der Waals surface area contributed by atoms with Crippen LogP contribution in [0.15, 0.2) is 53.7 Å². The molecule has 0 radical (unpaired) electrons. The second-order valence-corrected chi connectivity index (χ2v) is 6.16. The summed E-state index contributed by atoms with van der Waals surface area (Å²) in [4.78, 5) is 4.27. The first-order valence-corrected chi connectivity index (χ1v) is 7.46. The van der Waals surface area contributed by atoms with Crippen LogP contribution in [0.25, 0.3) is 0 Å². The van der Waals surface area contributed by atoms with Crippen LogP contribution in [0.2, 0.25) is 0 Å². The number of sulfonamides is 1. The summed E-state index contributed by atoms with van der Waals surface area (Å²) in [5.41, 5.74) is 1.75. The molecular weight excluding hydrogens is 260 g/mol. The second-order valence-electron chi connectivity index (χ2n) is 4.45. The first kappa shape index (κ1) is 13.7. The van der Waals surface area contributed by atoms with E-state index in [1.165, 1.54) is 0 Å². The Morgan fingerprint density at radius 2 is 2.00 bits per heavy atom. The Hall–Kier alpha value is -1.72. The summed E-state index contributed by atoms with van der Waals surface area (Å²) in [6.45, 7) is 3.66. The molecule has 2 rings (SSSR count). The minimum Gasteiger partial charge on any atom is -0.264 e. The van der Waals surface area contributed by atoms with Crippen LogP contribution in [0.4, 0.5) is 0 Å². The second kappa shape index (κ2) is 5.50. The van der Waals surface area contributed by atoms with Gasteiger partial charge in [0.15, 0.2) is 0 Å². The molecule has 4 nitrogen and oxygen atoms in total. The van der Waals surface area contributed by atoms with Crippen molar-refractivity contribution in [2.24, 2.45) is 0 Å². The van der Waals surface area contributed by atoms with Gasteiger partial charge in [-0.1, -0.05) is 18.2 Å². The molecule has 1 aromatic heterocycles. The first-order chi connectivity index (χ1) is 8.99. The molecule has 2 aromatic rings. The lowest BCUT2D eigenvalue weighted by atomic mass is 10.2. The van der Waals surface area contributed by atoms with E-state index in [9.17, 15) is 8.42 Å². The maximum absolute atomic E-state index is 12.2. The lowest BCUT2D eigenvalue weighted by Gasteiger charge is -2.14. The Balaban J connectivity index is 2.23. The number of aryl methyl sites for hydroxylation is 1. The molecule has 1 atom stereocenters. The van der Waals surface area contributed by atoms with Crippen LogP contribution in [0.5, 0.6) is 0 Å². The molecule has 1 aromatic carbocycles. The van der Waals surface area contributed by atoms with Gasteiger partial charge in [0.05, 0.1) is 4.90 Å². The van der Waals surface area contributed by atoms with Crippen molar-refractivity contribution in [3.05, 3.63) is 59.9 Å². The van der Waals surface area contributed by atoms with Crippen molar-refractivity contribution in [2.45, 2.75) is 24.8 Å². The fourth-order valence-electron chi connectivity index (χ4n) is 1.78. The van der Waals surface area contributed by atoms with Crippen LogP contribution in [-0.4, -0.2) is 13.4 Å². The van der Waals surface area contributed by atoms with E-state index >= 15 is 0 Å². The Morgan fingerprint density at radius 1 is 1.21 bits per heavy atom. The van der Waals surface area contributed by atoms with Gasteiger partial charge in [-0.05, 0) is 43.2 Å². The molecule has 1 heterocycles. The van der Waals surface area contributed by atoms with Crippen LogP contribution in [0.1, 0.15) is 24.1 Å². The normalized spacial score (nSPS) is 13.2. The van der Waals surface area contributed by atoms with Gasteiger partial charge in [-0.3, -0.25) is 4.98 Å². The van der Waals surface area contributed by atoms with Gasteiger partial charge in [-0.15, -0.1) is 0 Å². The van der Waals surface area contributed by atoms with Crippen LogP contribution in [-0.2, 0) is 10.0 Å². The number of hydrogen-bond acceptors (Lipinski definition) is 3. The molecule has 0 aliphatic carbocycles. The van der Waals surface area contributed by atoms with Crippen molar-refractivity contribution in [2.75, 3.05) is 0 Å². The highest BCUT2D eigenvalue weighted by Gasteiger charge is 2.18. The first-order valence-electron chi connectivity index (χ1n) is 5.98. The number of nitrogens with one attached hydrogen (secondary N) is 1. The molecule has 0 aliphatic heterocycles. The van der Waals surface area contributed by atoms with E-state index in [1.54, 1.807) is 43.6 Å². The van der Waals surface area contributed by atoms with Crippen molar-refractivity contribution >= 4 is 10.0 Å². The van der Waals surface area contributed by atoms with E-state index in [-0.39, 0.29) is 10.9 Å². The zero-order valence-corrected chi connectivity index (χ0v) is 11.7. The van der Waals surface area contributed by atoms with Gasteiger partial charge in [0, 0.05) is 18.4 Å². The SMILES string of the molecule is Cc1cccc(S(=O)(=O)NC(C)c2cccnc2)c1. The van der Waals surface area contributed by atoms with E-state index in [0.717, 1.165) is 11.1 Å². The predicted molar refractivity (Wildman–Crippen MR) is 74.2 cm³/mol. The standard InChI is InChI=1S/C14H16N2O2S/c1-11-5-3-7-14(9-11)19(17,18)16-12(2)13-6-4-8-15-10-13/h3-10,12,16H,1-2H3. The highest BCUT2D eigenvalue weighted by molar-refractivity contribution is 7.89. The third-order valence-corrected chi connectivity index (χ3v) is 4.35. The summed E-state index contributed by atoms with van der Waals surface area (Å²) in [7, 11) is -3.51. The molecule has 1 N–H and O–H groups in total. The Bertz CT molecular complexity index is 654. The number of nitrogens with zero attached hydrogens (tertiary/aromatic N) is 1. The minimum absolute atomic E-state index is 0.281. The molecule has 1 unspecified atom stereocenters. The van der Waals surface area contributed by atoms with Crippen molar-refractivity contribution in [1.82, 2.24) is 9.71 Å². The summed E-state index contributed by atoms with van der Waals surface area (Å²) in [5, 5.41) is 0. The molecule has 0 amide bonds. The van der Waals surface area contributed by atoms with Gasteiger partial charge < -0.3 is 0 Å². The Labute approximate surface area is 113 Å². The monoisotopic (exact) mass is 276 g/mol. The van der Waals surface area contributed by atoms with Gasteiger partial charge in [0.25, 0.3) is 0 Å². The molecular formula is C14H16N2O2S. The van der Waals surface area contributed by atoms with E-state index in [2.05, 4.69) is 9.71 Å². The topological polar surface area (TPSA) is 59.1 Å². The summed E-state index contributed by atoms with van der Waals surface area (Å²) < 4.78 is 27.1. The third-order valence-electron chi connectivity index (χ3n) is 2.82. The fraction of sp³-hybridized carbons (Fsp3) is 0.214. The molecule has 0 spiro atoms. The zero-order chi connectivity index (χ0) is 13.9. The van der Waals surface area contributed by atoms with E-state index in [1.807, 2.05) is 19.1 Å². The molecule has 19 heavy (non-hydrogen) atoms.